The summed E-state index contributed by atoms with van der Waals surface area (Å²) in [6.45, 7) is 1.14. The second-order valence-corrected chi connectivity index (χ2v) is 5.91. The highest BCUT2D eigenvalue weighted by Crippen LogP contribution is 2.28. The number of hydrogen-bond acceptors (Lipinski definition) is 2. The van der Waals surface area contributed by atoms with Gasteiger partial charge in [-0.3, -0.25) is 4.79 Å². The Hall–Kier alpha value is -2.44. The maximum atomic E-state index is 14.3. The number of piperidine rings is 1. The van der Waals surface area contributed by atoms with E-state index in [1.807, 2.05) is 0 Å². The molecule has 2 nitrogen and oxygen atoms in total. The standard InChI is InChI=1S/C18H14F5NO/c19-12-8-15(22)14(21)6-10(12)18(25)11-7-16(23)17(9-13(11)20)24-4-2-1-3-5-24/h6-9H,1-5H2. The summed E-state index contributed by atoms with van der Waals surface area (Å²) in [6.07, 6.45) is 2.70. The molecule has 0 aliphatic carbocycles. The van der Waals surface area contributed by atoms with Gasteiger partial charge >= 0.3 is 0 Å². The zero-order valence-corrected chi connectivity index (χ0v) is 13.1. The van der Waals surface area contributed by atoms with Crippen LogP contribution in [0.2, 0.25) is 0 Å². The molecular weight excluding hydrogens is 341 g/mol. The van der Waals surface area contributed by atoms with Gasteiger partial charge in [-0.1, -0.05) is 0 Å². The Labute approximate surface area is 140 Å². The van der Waals surface area contributed by atoms with Crippen molar-refractivity contribution in [3.8, 4) is 0 Å². The second kappa shape index (κ2) is 6.82. The van der Waals surface area contributed by atoms with Crippen molar-refractivity contribution in [3.05, 3.63) is 64.5 Å². The van der Waals surface area contributed by atoms with Crippen LogP contribution in [0.5, 0.6) is 0 Å². The molecule has 3 rings (SSSR count). The first kappa shape index (κ1) is 17.4. The minimum atomic E-state index is -1.47. The molecule has 25 heavy (non-hydrogen) atoms. The molecule has 0 unspecified atom stereocenters. The fourth-order valence-electron chi connectivity index (χ4n) is 2.93. The van der Waals surface area contributed by atoms with E-state index in [0.29, 0.717) is 25.2 Å². The van der Waals surface area contributed by atoms with E-state index in [-0.39, 0.29) is 11.8 Å². The molecule has 0 atom stereocenters. The Morgan fingerprint density at radius 1 is 0.680 bits per heavy atom. The Morgan fingerprint density at radius 3 is 1.84 bits per heavy atom. The molecule has 7 heteroatoms. The van der Waals surface area contributed by atoms with E-state index in [1.54, 1.807) is 4.90 Å². The van der Waals surface area contributed by atoms with Gasteiger partial charge in [-0.2, -0.15) is 0 Å². The van der Waals surface area contributed by atoms with Crippen molar-refractivity contribution in [1.82, 2.24) is 0 Å². The highest BCUT2D eigenvalue weighted by atomic mass is 19.2. The predicted molar refractivity (Wildman–Crippen MR) is 82.2 cm³/mol. The summed E-state index contributed by atoms with van der Waals surface area (Å²) in [7, 11) is 0. The molecule has 1 aliphatic heterocycles. The van der Waals surface area contributed by atoms with Gasteiger partial charge in [0, 0.05) is 25.2 Å². The third kappa shape index (κ3) is 3.36. The molecule has 0 saturated carbocycles. The van der Waals surface area contributed by atoms with Gasteiger partial charge in [0.15, 0.2) is 17.4 Å². The van der Waals surface area contributed by atoms with E-state index in [2.05, 4.69) is 0 Å². The zero-order chi connectivity index (χ0) is 18.1. The Kier molecular flexibility index (Phi) is 4.74. The number of ketones is 1. The molecule has 0 spiro atoms. The lowest BCUT2D eigenvalue weighted by atomic mass is 10.0. The van der Waals surface area contributed by atoms with E-state index >= 15 is 0 Å². The summed E-state index contributed by atoms with van der Waals surface area (Å²) in [6, 6.07) is 2.08. The first-order valence-corrected chi connectivity index (χ1v) is 7.81. The molecule has 1 saturated heterocycles. The van der Waals surface area contributed by atoms with Crippen molar-refractivity contribution in [1.29, 1.82) is 0 Å². The van der Waals surface area contributed by atoms with Gasteiger partial charge < -0.3 is 4.90 Å². The number of hydrogen-bond donors (Lipinski definition) is 0. The van der Waals surface area contributed by atoms with Crippen LogP contribution >= 0.6 is 0 Å². The summed E-state index contributed by atoms with van der Waals surface area (Å²) >= 11 is 0. The van der Waals surface area contributed by atoms with Crippen LogP contribution in [0, 0.1) is 29.1 Å². The average Bonchev–Trinajstić information content (AvgIpc) is 2.60. The lowest BCUT2D eigenvalue weighted by Gasteiger charge is -2.29. The van der Waals surface area contributed by atoms with Crippen molar-refractivity contribution in [3.63, 3.8) is 0 Å². The largest absolute Gasteiger partial charge is 0.369 e. The number of benzene rings is 2. The number of carbonyl (C=O) groups excluding carboxylic acids is 1. The van der Waals surface area contributed by atoms with Gasteiger partial charge in [-0.15, -0.1) is 0 Å². The molecule has 0 N–H and O–H groups in total. The van der Waals surface area contributed by atoms with Gasteiger partial charge in [-0.05, 0) is 31.4 Å². The summed E-state index contributed by atoms with van der Waals surface area (Å²) in [5.74, 6) is -7.38. The first-order valence-electron chi connectivity index (χ1n) is 7.81. The summed E-state index contributed by atoms with van der Waals surface area (Å²) in [5.41, 5.74) is -1.56. The van der Waals surface area contributed by atoms with Crippen molar-refractivity contribution < 1.29 is 26.7 Å². The highest BCUT2D eigenvalue weighted by Gasteiger charge is 2.24. The smallest absolute Gasteiger partial charge is 0.199 e. The van der Waals surface area contributed by atoms with Crippen LogP contribution in [0.1, 0.15) is 35.2 Å². The van der Waals surface area contributed by atoms with E-state index in [4.69, 9.17) is 0 Å². The van der Waals surface area contributed by atoms with Gasteiger partial charge in [-0.25, -0.2) is 22.0 Å². The third-order valence-electron chi connectivity index (χ3n) is 4.23. The molecular formula is C18H14F5NO. The van der Waals surface area contributed by atoms with Crippen molar-refractivity contribution >= 4 is 11.5 Å². The van der Waals surface area contributed by atoms with Gasteiger partial charge in [0.25, 0.3) is 0 Å². The monoisotopic (exact) mass is 355 g/mol. The number of anilines is 1. The van der Waals surface area contributed by atoms with Gasteiger partial charge in [0.2, 0.25) is 0 Å². The number of nitrogens with zero attached hydrogens (tertiary/aromatic N) is 1. The lowest BCUT2D eigenvalue weighted by Crippen LogP contribution is -2.30. The molecule has 0 aromatic heterocycles. The van der Waals surface area contributed by atoms with Gasteiger partial charge in [0.05, 0.1) is 16.8 Å². The van der Waals surface area contributed by atoms with Crippen LogP contribution < -0.4 is 4.90 Å². The predicted octanol–water partition coefficient (Wildman–Crippen LogP) is 4.60. The summed E-state index contributed by atoms with van der Waals surface area (Å²) in [5, 5.41) is 0. The Bertz CT molecular complexity index is 831. The number of rotatable bonds is 3. The minimum absolute atomic E-state index is 0.0273. The average molecular weight is 355 g/mol. The number of carbonyl (C=O) groups is 1. The zero-order valence-electron chi connectivity index (χ0n) is 13.1. The van der Waals surface area contributed by atoms with Crippen LogP contribution in [0.3, 0.4) is 0 Å². The minimum Gasteiger partial charge on any atom is -0.369 e. The van der Waals surface area contributed by atoms with E-state index in [9.17, 15) is 26.7 Å². The van der Waals surface area contributed by atoms with Crippen molar-refractivity contribution in [2.75, 3.05) is 18.0 Å². The van der Waals surface area contributed by atoms with Crippen LogP contribution in [0.15, 0.2) is 24.3 Å². The second-order valence-electron chi connectivity index (χ2n) is 5.91. The van der Waals surface area contributed by atoms with Crippen LogP contribution in [-0.4, -0.2) is 18.9 Å². The molecule has 1 fully saturated rings. The summed E-state index contributed by atoms with van der Waals surface area (Å²) < 4.78 is 68.6. The first-order chi connectivity index (χ1) is 11.9. The quantitative estimate of drug-likeness (QED) is 0.456. The molecule has 132 valence electrons. The normalized spacial score (nSPS) is 14.7. The van der Waals surface area contributed by atoms with Crippen LogP contribution in [0.25, 0.3) is 0 Å². The molecule has 0 bridgehead atoms. The third-order valence-corrected chi connectivity index (χ3v) is 4.23. The fourth-order valence-corrected chi connectivity index (χ4v) is 2.93. The number of halogens is 5. The molecule has 0 radical (unpaired) electrons. The summed E-state index contributed by atoms with van der Waals surface area (Å²) in [4.78, 5) is 13.9. The van der Waals surface area contributed by atoms with Crippen molar-refractivity contribution in [2.24, 2.45) is 0 Å². The molecule has 1 heterocycles. The van der Waals surface area contributed by atoms with Crippen molar-refractivity contribution in [2.45, 2.75) is 19.3 Å². The fraction of sp³-hybridized carbons (Fsp3) is 0.278. The highest BCUT2D eigenvalue weighted by molar-refractivity contribution is 6.09. The molecule has 0 amide bonds. The lowest BCUT2D eigenvalue weighted by molar-refractivity contribution is 0.103. The Morgan fingerprint density at radius 2 is 1.20 bits per heavy atom. The van der Waals surface area contributed by atoms with Gasteiger partial charge in [0.1, 0.15) is 17.5 Å². The maximum absolute atomic E-state index is 14.3. The maximum Gasteiger partial charge on any atom is 0.199 e. The SMILES string of the molecule is O=C(c1cc(F)c(F)cc1F)c1cc(F)c(N2CCCCC2)cc1F. The van der Waals surface area contributed by atoms with Crippen LogP contribution in [-0.2, 0) is 0 Å². The molecule has 2 aromatic carbocycles. The Balaban J connectivity index is 1.99. The van der Waals surface area contributed by atoms with E-state index in [0.717, 1.165) is 25.3 Å². The topological polar surface area (TPSA) is 20.3 Å². The van der Waals surface area contributed by atoms with Crippen LogP contribution in [0.4, 0.5) is 27.6 Å². The molecule has 2 aromatic rings. The van der Waals surface area contributed by atoms with E-state index in [1.165, 1.54) is 0 Å². The molecule has 1 aliphatic rings. The van der Waals surface area contributed by atoms with E-state index < -0.39 is 46.0 Å².